The quantitative estimate of drug-likeness (QED) is 0.388. The van der Waals surface area contributed by atoms with Crippen molar-refractivity contribution >= 4 is 16.9 Å². The van der Waals surface area contributed by atoms with Gasteiger partial charge in [0.1, 0.15) is 11.9 Å². The molecule has 166 valence electrons. The van der Waals surface area contributed by atoms with Crippen molar-refractivity contribution in [3.05, 3.63) is 83.6 Å². The number of aromatic nitrogens is 4. The van der Waals surface area contributed by atoms with Crippen LogP contribution in [0.4, 0.5) is 0 Å². The molecule has 0 aliphatic rings. The largest absolute Gasteiger partial charge is 0.485 e. The molecule has 2 aromatic carbocycles. The van der Waals surface area contributed by atoms with Crippen LogP contribution < -0.4 is 4.74 Å². The Morgan fingerprint density at radius 1 is 1.12 bits per heavy atom. The zero-order valence-electron chi connectivity index (χ0n) is 18.4. The number of rotatable bonds is 8. The van der Waals surface area contributed by atoms with Gasteiger partial charge in [-0.25, -0.2) is 0 Å². The Hall–Kier alpha value is -4.18. The van der Waals surface area contributed by atoms with Crippen molar-refractivity contribution in [3.8, 4) is 17.6 Å². The van der Waals surface area contributed by atoms with Crippen LogP contribution in [0.25, 0.3) is 10.9 Å². The zero-order valence-corrected chi connectivity index (χ0v) is 18.4. The van der Waals surface area contributed by atoms with Crippen molar-refractivity contribution in [1.82, 2.24) is 20.2 Å². The molecule has 0 radical (unpaired) electrons. The number of ether oxygens (including phenoxy) is 1. The number of hydrogen-bond donors (Lipinski definition) is 2. The number of carbonyl (C=O) groups is 1. The van der Waals surface area contributed by atoms with E-state index < -0.39 is 5.97 Å². The van der Waals surface area contributed by atoms with Crippen molar-refractivity contribution < 1.29 is 14.6 Å². The number of hydrogen-bond acceptors (Lipinski definition) is 5. The Labute approximate surface area is 191 Å². The molecule has 0 spiro atoms. The number of fused-ring (bicyclic) bond motifs is 1. The highest BCUT2D eigenvalue weighted by Crippen LogP contribution is 2.31. The zero-order chi connectivity index (χ0) is 23.2. The summed E-state index contributed by atoms with van der Waals surface area (Å²) in [4.78, 5) is 20.1. The number of carboxylic acid groups (broad SMARTS) is 1. The molecule has 0 saturated carbocycles. The molecule has 0 fully saturated rings. The fourth-order valence-corrected chi connectivity index (χ4v) is 3.75. The van der Waals surface area contributed by atoms with Crippen LogP contribution in [0.2, 0.25) is 0 Å². The van der Waals surface area contributed by atoms with Gasteiger partial charge in [-0.15, -0.1) is 5.92 Å². The third-order valence-electron chi connectivity index (χ3n) is 5.35. The summed E-state index contributed by atoms with van der Waals surface area (Å²) in [6.07, 6.45) is 5.48. The van der Waals surface area contributed by atoms with E-state index in [9.17, 15) is 9.90 Å². The molecule has 0 saturated heterocycles. The fraction of sp³-hybridized carbons (Fsp3) is 0.231. The molecule has 2 N–H and O–H groups in total. The lowest BCUT2D eigenvalue weighted by atomic mass is 9.96. The van der Waals surface area contributed by atoms with E-state index in [4.69, 9.17) is 4.74 Å². The van der Waals surface area contributed by atoms with Crippen LogP contribution in [0.1, 0.15) is 47.9 Å². The lowest BCUT2D eigenvalue weighted by Crippen LogP contribution is -2.13. The van der Waals surface area contributed by atoms with Gasteiger partial charge < -0.3 is 9.84 Å². The number of aryl methyl sites for hydroxylation is 1. The minimum Gasteiger partial charge on any atom is -0.485 e. The first-order valence-corrected chi connectivity index (χ1v) is 10.6. The third kappa shape index (κ3) is 5.36. The summed E-state index contributed by atoms with van der Waals surface area (Å²) in [7, 11) is 0. The first kappa shape index (κ1) is 22.0. The van der Waals surface area contributed by atoms with Crippen molar-refractivity contribution in [3.63, 3.8) is 0 Å². The van der Waals surface area contributed by atoms with Gasteiger partial charge in [0, 0.05) is 29.8 Å². The molecule has 7 heteroatoms. The molecule has 0 amide bonds. The first-order valence-electron chi connectivity index (χ1n) is 10.6. The summed E-state index contributed by atoms with van der Waals surface area (Å²) in [5.74, 6) is 5.22. The van der Waals surface area contributed by atoms with Crippen LogP contribution in [-0.4, -0.2) is 31.2 Å². The normalized spacial score (nSPS) is 12.5. The first-order chi connectivity index (χ1) is 16.0. The molecule has 4 rings (SSSR count). The molecule has 2 atom stereocenters. The highest BCUT2D eigenvalue weighted by Gasteiger charge is 2.20. The topological polar surface area (TPSA) is 101 Å². The fourth-order valence-electron chi connectivity index (χ4n) is 3.75. The number of aromatic amines is 1. The lowest BCUT2D eigenvalue weighted by molar-refractivity contribution is -0.137. The van der Waals surface area contributed by atoms with Crippen molar-refractivity contribution in [2.45, 2.75) is 38.7 Å². The standard InChI is InChI=1S/C26H24N4O3/c1-3-5-19(12-26(31)32)18-8-10-21(11-9-18)33-25(13-20-15-27-17(2)14-28-20)22-6-4-7-24-23(22)16-29-30-24/h4,6-11,14-16,19,25H,12-13H2,1-2H3,(H,29,30)(H,31,32)/t19?,25-/m0/s1. The minimum atomic E-state index is -0.879. The van der Waals surface area contributed by atoms with Gasteiger partial charge in [-0.2, -0.15) is 5.10 Å². The summed E-state index contributed by atoms with van der Waals surface area (Å²) in [6.45, 7) is 3.61. The predicted octanol–water partition coefficient (Wildman–Crippen LogP) is 4.61. The van der Waals surface area contributed by atoms with Gasteiger partial charge in [0.05, 0.1) is 35.4 Å². The number of benzene rings is 2. The van der Waals surface area contributed by atoms with E-state index in [1.165, 1.54) is 0 Å². The lowest BCUT2D eigenvalue weighted by Gasteiger charge is -2.21. The molecule has 1 unspecified atom stereocenters. The number of aliphatic carboxylic acids is 1. The van der Waals surface area contributed by atoms with Crippen molar-refractivity contribution in [2.75, 3.05) is 0 Å². The van der Waals surface area contributed by atoms with E-state index in [1.54, 1.807) is 25.5 Å². The molecular weight excluding hydrogens is 416 g/mol. The van der Waals surface area contributed by atoms with Gasteiger partial charge in [0.15, 0.2) is 0 Å². The Kier molecular flexibility index (Phi) is 6.65. The molecule has 0 aliphatic carbocycles. The average molecular weight is 441 g/mol. The van der Waals surface area contributed by atoms with E-state index in [-0.39, 0.29) is 18.4 Å². The third-order valence-corrected chi connectivity index (χ3v) is 5.35. The highest BCUT2D eigenvalue weighted by molar-refractivity contribution is 5.82. The number of nitrogens with one attached hydrogen (secondary N) is 1. The number of carboxylic acids is 1. The molecule has 4 aromatic rings. The Balaban J connectivity index is 1.63. The number of nitrogens with zero attached hydrogens (tertiary/aromatic N) is 3. The van der Waals surface area contributed by atoms with E-state index in [0.717, 1.165) is 33.4 Å². The smallest absolute Gasteiger partial charge is 0.304 e. The van der Waals surface area contributed by atoms with Gasteiger partial charge in [0.2, 0.25) is 0 Å². The monoisotopic (exact) mass is 440 g/mol. The Morgan fingerprint density at radius 3 is 2.64 bits per heavy atom. The maximum atomic E-state index is 11.2. The molecule has 7 nitrogen and oxygen atoms in total. The van der Waals surface area contributed by atoms with Gasteiger partial charge >= 0.3 is 5.97 Å². The maximum absolute atomic E-state index is 11.2. The van der Waals surface area contributed by atoms with Crippen molar-refractivity contribution in [1.29, 1.82) is 0 Å². The molecule has 2 aromatic heterocycles. The van der Waals surface area contributed by atoms with Crippen LogP contribution in [0.15, 0.2) is 61.1 Å². The van der Waals surface area contributed by atoms with Crippen molar-refractivity contribution in [2.24, 2.45) is 0 Å². The maximum Gasteiger partial charge on any atom is 0.304 e. The molecular formula is C26H24N4O3. The van der Waals surface area contributed by atoms with Crippen LogP contribution in [0.3, 0.4) is 0 Å². The summed E-state index contributed by atoms with van der Waals surface area (Å²) >= 11 is 0. The summed E-state index contributed by atoms with van der Waals surface area (Å²) < 4.78 is 6.43. The second kappa shape index (κ2) is 9.96. The van der Waals surface area contributed by atoms with Crippen LogP contribution >= 0.6 is 0 Å². The highest BCUT2D eigenvalue weighted by atomic mass is 16.5. The second-order valence-corrected chi connectivity index (χ2v) is 7.75. The number of H-pyrrole nitrogens is 1. The Bertz CT molecular complexity index is 1300. The molecule has 2 heterocycles. The average Bonchev–Trinajstić information content (AvgIpc) is 3.29. The van der Waals surface area contributed by atoms with Crippen LogP contribution in [-0.2, 0) is 11.2 Å². The molecule has 33 heavy (non-hydrogen) atoms. The van der Waals surface area contributed by atoms with Gasteiger partial charge in [-0.05, 0) is 37.6 Å². The molecule has 0 bridgehead atoms. The minimum absolute atomic E-state index is 0.0434. The van der Waals surface area contributed by atoms with E-state index in [0.29, 0.717) is 12.2 Å². The van der Waals surface area contributed by atoms with E-state index in [2.05, 4.69) is 32.0 Å². The second-order valence-electron chi connectivity index (χ2n) is 7.75. The van der Waals surface area contributed by atoms with Gasteiger partial charge in [-0.3, -0.25) is 19.9 Å². The summed E-state index contributed by atoms with van der Waals surface area (Å²) in [5.41, 5.74) is 4.45. The van der Waals surface area contributed by atoms with Gasteiger partial charge in [-0.1, -0.05) is 30.2 Å². The van der Waals surface area contributed by atoms with Crippen LogP contribution in [0.5, 0.6) is 5.75 Å². The summed E-state index contributed by atoms with van der Waals surface area (Å²) in [6, 6.07) is 13.4. The molecule has 0 aliphatic heterocycles. The van der Waals surface area contributed by atoms with E-state index in [1.807, 2.05) is 49.4 Å². The van der Waals surface area contributed by atoms with Gasteiger partial charge in [0.25, 0.3) is 0 Å². The Morgan fingerprint density at radius 2 is 1.94 bits per heavy atom. The van der Waals surface area contributed by atoms with E-state index >= 15 is 0 Å². The predicted molar refractivity (Wildman–Crippen MR) is 125 cm³/mol. The summed E-state index contributed by atoms with van der Waals surface area (Å²) in [5, 5.41) is 17.3. The SMILES string of the molecule is CC#CC(CC(=O)O)c1ccc(O[C@@H](Cc2cnc(C)cn2)c2cccc3[nH]ncc23)cc1. The van der Waals surface area contributed by atoms with Crippen LogP contribution in [0, 0.1) is 18.8 Å².